The van der Waals surface area contributed by atoms with Crippen molar-refractivity contribution < 1.29 is 9.47 Å². The molecular weight excluding hydrogens is 737 g/mol. The summed E-state index contributed by atoms with van der Waals surface area (Å²) in [6.07, 6.45) is 0. The van der Waals surface area contributed by atoms with Gasteiger partial charge in [0, 0.05) is 38.6 Å². The number of hydrogen-bond acceptors (Lipinski definition) is 5. The Morgan fingerprint density at radius 2 is 0.883 bits per heavy atom. The molecule has 0 saturated carbocycles. The first-order valence-electron chi connectivity index (χ1n) is 20.3. The Labute approximate surface area is 347 Å². The number of rotatable bonds is 5. The van der Waals surface area contributed by atoms with Crippen LogP contribution in [0.15, 0.2) is 182 Å². The number of benzene rings is 8. The van der Waals surface area contributed by atoms with E-state index in [0.29, 0.717) is 29.0 Å². The predicted molar refractivity (Wildman–Crippen MR) is 240 cm³/mol. The fraction of sp³-hybridized carbons (Fsp3) is 0.0556. The maximum atomic E-state index is 6.57. The van der Waals surface area contributed by atoms with Crippen LogP contribution in [0, 0.1) is 0 Å². The molecule has 6 heteroatoms. The van der Waals surface area contributed by atoms with Crippen molar-refractivity contribution in [3.8, 4) is 85.1 Å². The highest BCUT2D eigenvalue weighted by atomic mass is 16.6. The number of ether oxygens (including phenoxy) is 2. The molecule has 10 aromatic rings. The molecule has 3 heterocycles. The minimum absolute atomic E-state index is 0.131. The van der Waals surface area contributed by atoms with E-state index < -0.39 is 0 Å². The third-order valence-electron chi connectivity index (χ3n) is 12.1. The lowest BCUT2D eigenvalue weighted by Gasteiger charge is -2.25. The van der Waals surface area contributed by atoms with Crippen LogP contribution in [0.25, 0.3) is 83.9 Å². The van der Waals surface area contributed by atoms with Crippen molar-refractivity contribution in [2.75, 3.05) is 0 Å². The van der Waals surface area contributed by atoms with Crippen LogP contribution < -0.4 is 9.47 Å². The Morgan fingerprint density at radius 3 is 1.57 bits per heavy atom. The Bertz CT molecular complexity index is 3280. The normalized spacial score (nSPS) is 13.2. The van der Waals surface area contributed by atoms with Gasteiger partial charge in [-0.15, -0.1) is 0 Å². The average Bonchev–Trinajstić information content (AvgIpc) is 3.75. The lowest BCUT2D eigenvalue weighted by Crippen LogP contribution is -2.15. The Kier molecular flexibility index (Phi) is 7.47. The smallest absolute Gasteiger partial charge is 0.170 e. The van der Waals surface area contributed by atoms with Gasteiger partial charge in [-0.3, -0.25) is 0 Å². The molecule has 0 N–H and O–H groups in total. The Balaban J connectivity index is 0.866. The molecule has 0 saturated heterocycles. The second-order valence-electron chi connectivity index (χ2n) is 16.0. The topological polar surface area (TPSA) is 62.1 Å². The van der Waals surface area contributed by atoms with Crippen molar-refractivity contribution >= 4 is 21.8 Å². The van der Waals surface area contributed by atoms with Crippen molar-refractivity contribution in [1.29, 1.82) is 0 Å². The molecule has 1 aliphatic carbocycles. The van der Waals surface area contributed by atoms with Gasteiger partial charge in [-0.25, -0.2) is 15.0 Å². The molecule has 2 aromatic heterocycles. The van der Waals surface area contributed by atoms with Gasteiger partial charge in [0.25, 0.3) is 0 Å². The van der Waals surface area contributed by atoms with Gasteiger partial charge < -0.3 is 14.0 Å². The average molecular weight is 773 g/mol. The highest BCUT2D eigenvalue weighted by molar-refractivity contribution is 6.09. The van der Waals surface area contributed by atoms with Crippen LogP contribution in [0.1, 0.15) is 25.0 Å². The van der Waals surface area contributed by atoms with Crippen molar-refractivity contribution in [2.45, 2.75) is 19.3 Å². The van der Waals surface area contributed by atoms with Crippen molar-refractivity contribution in [2.24, 2.45) is 0 Å². The minimum atomic E-state index is -0.131. The fourth-order valence-corrected chi connectivity index (χ4v) is 9.08. The number of aromatic nitrogens is 4. The molecule has 0 atom stereocenters. The van der Waals surface area contributed by atoms with Crippen molar-refractivity contribution in [1.82, 2.24) is 19.5 Å². The maximum absolute atomic E-state index is 6.57. The van der Waals surface area contributed by atoms with Crippen LogP contribution in [0.4, 0.5) is 0 Å². The van der Waals surface area contributed by atoms with E-state index in [0.717, 1.165) is 45.0 Å². The first-order chi connectivity index (χ1) is 29.5. The van der Waals surface area contributed by atoms with Crippen LogP contribution >= 0.6 is 0 Å². The van der Waals surface area contributed by atoms with Gasteiger partial charge in [0.05, 0.1) is 11.0 Å². The third kappa shape index (κ3) is 5.38. The van der Waals surface area contributed by atoms with E-state index in [1.54, 1.807) is 0 Å². The van der Waals surface area contributed by atoms with Crippen molar-refractivity contribution in [3.63, 3.8) is 0 Å². The minimum Gasteiger partial charge on any atom is -0.449 e. The summed E-state index contributed by atoms with van der Waals surface area (Å²) in [5.41, 5.74) is 13.1. The maximum Gasteiger partial charge on any atom is 0.170 e. The molecule has 6 nitrogen and oxygen atoms in total. The Hall–Kier alpha value is -7.83. The monoisotopic (exact) mass is 772 g/mol. The molecule has 12 rings (SSSR count). The zero-order valence-corrected chi connectivity index (χ0v) is 32.9. The number of nitrogens with zero attached hydrogens (tertiary/aromatic N) is 4. The predicted octanol–water partition coefficient (Wildman–Crippen LogP) is 13.8. The number of para-hydroxylation sites is 2. The molecule has 0 spiro atoms. The van der Waals surface area contributed by atoms with Gasteiger partial charge in [-0.05, 0) is 94.0 Å². The summed E-state index contributed by atoms with van der Waals surface area (Å²) in [5.74, 6) is 4.69. The Morgan fingerprint density at radius 1 is 0.383 bits per heavy atom. The standard InChI is InChI=1S/C54H36N4O2/c1-54(2)43-17-9-6-14-39(43)42-31-49-50(32-44(42)54)60-48-30-37(26-29-47(48)59-49)33-20-22-35(23-21-33)52-55-51(34-12-4-3-5-13-34)56-53(57-52)36-24-27-38(28-25-36)58-45-18-10-7-15-40(45)41-16-8-11-19-46(41)58/h3-32H,1-2H3. The zero-order valence-electron chi connectivity index (χ0n) is 32.9. The summed E-state index contributed by atoms with van der Waals surface area (Å²) in [6.45, 7) is 4.55. The molecule has 0 unspecified atom stereocenters. The lowest BCUT2D eigenvalue weighted by molar-refractivity contribution is 0.359. The van der Waals surface area contributed by atoms with E-state index in [2.05, 4.69) is 164 Å². The molecule has 0 fully saturated rings. The van der Waals surface area contributed by atoms with Gasteiger partial charge in [-0.2, -0.15) is 0 Å². The van der Waals surface area contributed by atoms with E-state index in [9.17, 15) is 0 Å². The number of hydrogen-bond donors (Lipinski definition) is 0. The quantitative estimate of drug-likeness (QED) is 0.174. The summed E-state index contributed by atoms with van der Waals surface area (Å²) >= 11 is 0. The van der Waals surface area contributed by atoms with Crippen LogP contribution in [-0.2, 0) is 5.41 Å². The zero-order chi connectivity index (χ0) is 40.0. The van der Waals surface area contributed by atoms with E-state index in [4.69, 9.17) is 24.4 Å². The molecule has 2 aliphatic rings. The van der Waals surface area contributed by atoms with Gasteiger partial charge in [-0.1, -0.05) is 135 Å². The molecule has 0 radical (unpaired) electrons. The van der Waals surface area contributed by atoms with Gasteiger partial charge in [0.2, 0.25) is 0 Å². The largest absolute Gasteiger partial charge is 0.449 e. The van der Waals surface area contributed by atoms with E-state index in [1.807, 2.05) is 36.4 Å². The third-order valence-corrected chi connectivity index (χ3v) is 12.1. The second kappa shape index (κ2) is 13.1. The summed E-state index contributed by atoms with van der Waals surface area (Å²) in [4.78, 5) is 15.0. The molecule has 0 bridgehead atoms. The van der Waals surface area contributed by atoms with Gasteiger partial charge in [0.15, 0.2) is 40.5 Å². The molecule has 60 heavy (non-hydrogen) atoms. The number of fused-ring (bicyclic) bond motifs is 8. The van der Waals surface area contributed by atoms with Gasteiger partial charge in [0.1, 0.15) is 0 Å². The van der Waals surface area contributed by atoms with Crippen LogP contribution in [-0.4, -0.2) is 19.5 Å². The highest BCUT2D eigenvalue weighted by Crippen LogP contribution is 2.55. The summed E-state index contributed by atoms with van der Waals surface area (Å²) < 4.78 is 15.3. The molecule has 0 amide bonds. The molecule has 1 aliphatic heterocycles. The SMILES string of the molecule is CC1(C)c2ccccc2-c2cc3c(cc21)Oc1cc(-c2ccc(-c4nc(-c5ccccc5)nc(-c5ccc(-n6c7ccccc7c7ccccc76)cc5)n4)cc2)ccc1O3. The van der Waals surface area contributed by atoms with E-state index in [-0.39, 0.29) is 5.41 Å². The van der Waals surface area contributed by atoms with E-state index >= 15 is 0 Å². The lowest BCUT2D eigenvalue weighted by atomic mass is 9.82. The van der Waals surface area contributed by atoms with E-state index in [1.165, 1.54) is 44.1 Å². The van der Waals surface area contributed by atoms with Crippen molar-refractivity contribution in [3.05, 3.63) is 193 Å². The second-order valence-corrected chi connectivity index (χ2v) is 16.0. The first-order valence-corrected chi connectivity index (χ1v) is 20.3. The van der Waals surface area contributed by atoms with Crippen LogP contribution in [0.5, 0.6) is 23.0 Å². The highest BCUT2D eigenvalue weighted by Gasteiger charge is 2.37. The molecular formula is C54H36N4O2. The van der Waals surface area contributed by atoms with Gasteiger partial charge >= 0.3 is 0 Å². The summed E-state index contributed by atoms with van der Waals surface area (Å²) in [5, 5.41) is 2.47. The summed E-state index contributed by atoms with van der Waals surface area (Å²) in [7, 11) is 0. The van der Waals surface area contributed by atoms with Crippen LogP contribution in [0.3, 0.4) is 0 Å². The fourth-order valence-electron chi connectivity index (χ4n) is 9.08. The summed E-state index contributed by atoms with van der Waals surface area (Å²) in [6, 6.07) is 63.1. The van der Waals surface area contributed by atoms with Crippen LogP contribution in [0.2, 0.25) is 0 Å². The molecule has 8 aromatic carbocycles. The first kappa shape index (κ1) is 34.2. The molecule has 284 valence electrons.